The van der Waals surface area contributed by atoms with Gasteiger partial charge in [0.25, 0.3) is 5.91 Å². The van der Waals surface area contributed by atoms with Crippen LogP contribution in [0.15, 0.2) is 47.5 Å². The molecule has 0 aromatic heterocycles. The summed E-state index contributed by atoms with van der Waals surface area (Å²) in [5.74, 6) is 0.630. The van der Waals surface area contributed by atoms with Gasteiger partial charge in [-0.05, 0) is 16.8 Å². The molecule has 1 N–H and O–H groups in total. The van der Waals surface area contributed by atoms with E-state index in [1.165, 1.54) is 11.8 Å². The molecule has 0 aliphatic carbocycles. The predicted octanol–water partition coefficient (Wildman–Crippen LogP) is 5.10. The molecule has 126 valence electrons. The van der Waals surface area contributed by atoms with Crippen molar-refractivity contribution in [2.45, 2.75) is 9.17 Å². The van der Waals surface area contributed by atoms with E-state index in [-0.39, 0.29) is 5.91 Å². The molecule has 0 radical (unpaired) electrons. The zero-order chi connectivity index (χ0) is 17.2. The highest BCUT2D eigenvalue weighted by atomic mass is 35.6. The molecule has 1 aliphatic rings. The molecular formula is C16H13Cl3N2OS2. The molecule has 0 bridgehead atoms. The van der Waals surface area contributed by atoms with E-state index in [0.717, 1.165) is 27.4 Å². The van der Waals surface area contributed by atoms with Crippen molar-refractivity contribution in [3.8, 4) is 0 Å². The van der Waals surface area contributed by atoms with Gasteiger partial charge in [0, 0.05) is 11.3 Å². The molecular weight excluding hydrogens is 407 g/mol. The van der Waals surface area contributed by atoms with E-state index in [9.17, 15) is 4.79 Å². The summed E-state index contributed by atoms with van der Waals surface area (Å²) in [6, 6.07) is 13.2. The monoisotopic (exact) mass is 418 g/mol. The number of hydrogen-bond acceptors (Lipinski definition) is 4. The molecule has 8 heteroatoms. The van der Waals surface area contributed by atoms with Gasteiger partial charge in [0.1, 0.15) is 9.75 Å². The predicted molar refractivity (Wildman–Crippen MR) is 108 cm³/mol. The summed E-state index contributed by atoms with van der Waals surface area (Å²) in [5, 5.41) is 3.95. The summed E-state index contributed by atoms with van der Waals surface area (Å²) in [6.07, 6.45) is 0. The van der Waals surface area contributed by atoms with Crippen molar-refractivity contribution in [1.82, 2.24) is 5.32 Å². The van der Waals surface area contributed by atoms with Crippen molar-refractivity contribution in [1.29, 1.82) is 0 Å². The summed E-state index contributed by atoms with van der Waals surface area (Å²) >= 11 is 21.0. The van der Waals surface area contributed by atoms with Crippen LogP contribution in [0.1, 0.15) is 10.4 Å². The normalized spacial score (nSPS) is 16.0. The first-order chi connectivity index (χ1) is 11.4. The van der Waals surface area contributed by atoms with Gasteiger partial charge in [-0.1, -0.05) is 94.7 Å². The van der Waals surface area contributed by atoms with Crippen molar-refractivity contribution in [3.05, 3.63) is 48.0 Å². The van der Waals surface area contributed by atoms with E-state index >= 15 is 0 Å². The molecule has 0 fully saturated rings. The van der Waals surface area contributed by atoms with Crippen molar-refractivity contribution in [2.75, 3.05) is 12.3 Å². The average Bonchev–Trinajstić information content (AvgIpc) is 3.06. The van der Waals surface area contributed by atoms with Gasteiger partial charge in [-0.25, -0.2) is 0 Å². The average molecular weight is 420 g/mol. The highest BCUT2D eigenvalue weighted by Gasteiger charge is 2.36. The lowest BCUT2D eigenvalue weighted by atomic mass is 10.0. The number of fused-ring (bicyclic) bond motifs is 1. The Morgan fingerprint density at radius 3 is 2.67 bits per heavy atom. The Kier molecular flexibility index (Phi) is 5.88. The number of nitrogens with zero attached hydrogens (tertiary/aromatic N) is 1. The van der Waals surface area contributed by atoms with Gasteiger partial charge >= 0.3 is 0 Å². The first kappa shape index (κ1) is 18.2. The standard InChI is InChI=1S/C16H13Cl3N2OS2/c17-16(18,19)14(24-15-20-8-9-23-15)21-13(22)12-7-3-5-10-4-1-2-6-11(10)12/h1-7,14H,8-9H2,(H,21,22). The fraction of sp³-hybridized carbons (Fsp3) is 0.250. The second-order valence-corrected chi connectivity index (χ2v) is 9.84. The molecule has 3 nitrogen and oxygen atoms in total. The van der Waals surface area contributed by atoms with Crippen LogP contribution in [0.5, 0.6) is 0 Å². The number of nitrogens with one attached hydrogen (secondary N) is 1. The van der Waals surface area contributed by atoms with E-state index in [0.29, 0.717) is 5.56 Å². The minimum atomic E-state index is -1.64. The Hall–Kier alpha value is -0.590. The van der Waals surface area contributed by atoms with E-state index in [1.807, 2.05) is 36.4 Å². The Bertz CT molecular complexity index is 787. The Morgan fingerprint density at radius 1 is 1.21 bits per heavy atom. The third-order valence-electron chi connectivity index (χ3n) is 3.37. The topological polar surface area (TPSA) is 41.5 Å². The summed E-state index contributed by atoms with van der Waals surface area (Å²) in [7, 11) is 0. The number of carbonyl (C=O) groups is 1. The lowest BCUT2D eigenvalue weighted by molar-refractivity contribution is 0.0952. The molecule has 2 aromatic carbocycles. The van der Waals surface area contributed by atoms with Gasteiger partial charge in [0.15, 0.2) is 0 Å². The van der Waals surface area contributed by atoms with Crippen LogP contribution in [-0.2, 0) is 0 Å². The number of benzene rings is 2. The molecule has 2 aromatic rings. The summed E-state index contributed by atoms with van der Waals surface area (Å²) < 4.78 is -0.819. The Balaban J connectivity index is 1.84. The molecule has 0 saturated heterocycles. The molecule has 1 unspecified atom stereocenters. The van der Waals surface area contributed by atoms with Gasteiger partial charge < -0.3 is 5.32 Å². The lowest BCUT2D eigenvalue weighted by Gasteiger charge is -2.25. The molecule has 1 amide bonds. The van der Waals surface area contributed by atoms with Gasteiger partial charge in [-0.15, -0.1) is 0 Å². The molecule has 1 aliphatic heterocycles. The summed E-state index contributed by atoms with van der Waals surface area (Å²) in [5.41, 5.74) is 0.550. The molecule has 3 rings (SSSR count). The van der Waals surface area contributed by atoms with Crippen molar-refractivity contribution < 1.29 is 4.79 Å². The minimum Gasteiger partial charge on any atom is -0.336 e. The molecule has 1 heterocycles. The largest absolute Gasteiger partial charge is 0.336 e. The zero-order valence-electron chi connectivity index (χ0n) is 12.3. The van der Waals surface area contributed by atoms with Crippen LogP contribution < -0.4 is 5.32 Å². The quantitative estimate of drug-likeness (QED) is 0.556. The third-order valence-corrected chi connectivity index (χ3v) is 6.86. The van der Waals surface area contributed by atoms with Gasteiger partial charge in [-0.2, -0.15) is 0 Å². The number of aliphatic imine (C=N–C) groups is 1. The van der Waals surface area contributed by atoms with Crippen LogP contribution in [0.25, 0.3) is 10.8 Å². The van der Waals surface area contributed by atoms with Crippen LogP contribution in [0.4, 0.5) is 0 Å². The van der Waals surface area contributed by atoms with Crippen molar-refractivity contribution in [2.24, 2.45) is 4.99 Å². The van der Waals surface area contributed by atoms with Gasteiger partial charge in [-0.3, -0.25) is 9.79 Å². The second-order valence-electron chi connectivity index (χ2n) is 5.04. The highest BCUT2D eigenvalue weighted by Crippen LogP contribution is 2.39. The number of alkyl halides is 3. The number of thioether (sulfide) groups is 2. The van der Waals surface area contributed by atoms with E-state index in [1.54, 1.807) is 17.8 Å². The number of carbonyl (C=O) groups excluding carboxylic acids is 1. The first-order valence-corrected chi connectivity index (χ1v) is 10.1. The third kappa shape index (κ3) is 4.33. The van der Waals surface area contributed by atoms with Crippen LogP contribution in [0.2, 0.25) is 0 Å². The fourth-order valence-corrected chi connectivity index (χ4v) is 4.87. The SMILES string of the molecule is O=C(NC(SC1=NCCS1)C(Cl)(Cl)Cl)c1cccc2ccccc12. The van der Waals surface area contributed by atoms with Crippen LogP contribution in [0.3, 0.4) is 0 Å². The maximum absolute atomic E-state index is 12.7. The van der Waals surface area contributed by atoms with Crippen molar-refractivity contribution in [3.63, 3.8) is 0 Å². The van der Waals surface area contributed by atoms with Crippen molar-refractivity contribution >= 4 is 79.4 Å². The lowest BCUT2D eigenvalue weighted by Crippen LogP contribution is -2.42. The fourth-order valence-electron chi connectivity index (χ4n) is 2.29. The molecule has 1 atom stereocenters. The van der Waals surface area contributed by atoms with Gasteiger partial charge in [0.2, 0.25) is 3.79 Å². The smallest absolute Gasteiger partial charge is 0.252 e. The van der Waals surface area contributed by atoms with Crippen LogP contribution >= 0.6 is 58.3 Å². The molecule has 0 saturated carbocycles. The van der Waals surface area contributed by atoms with Crippen LogP contribution in [-0.4, -0.2) is 31.7 Å². The number of hydrogen-bond donors (Lipinski definition) is 1. The number of halogens is 3. The van der Waals surface area contributed by atoms with E-state index in [2.05, 4.69) is 10.3 Å². The minimum absolute atomic E-state index is 0.278. The Morgan fingerprint density at radius 2 is 1.96 bits per heavy atom. The molecule has 0 spiro atoms. The van der Waals surface area contributed by atoms with E-state index in [4.69, 9.17) is 34.8 Å². The number of amides is 1. The first-order valence-electron chi connectivity index (χ1n) is 7.14. The van der Waals surface area contributed by atoms with Gasteiger partial charge in [0.05, 0.1) is 6.54 Å². The van der Waals surface area contributed by atoms with Crippen LogP contribution in [0, 0.1) is 0 Å². The maximum atomic E-state index is 12.7. The van der Waals surface area contributed by atoms with E-state index < -0.39 is 9.17 Å². The second kappa shape index (κ2) is 7.75. The highest BCUT2D eigenvalue weighted by molar-refractivity contribution is 8.39. The number of rotatable bonds is 3. The Labute approximate surface area is 163 Å². The summed E-state index contributed by atoms with van der Waals surface area (Å²) in [6.45, 7) is 0.747. The zero-order valence-corrected chi connectivity index (χ0v) is 16.2. The maximum Gasteiger partial charge on any atom is 0.252 e. The summed E-state index contributed by atoms with van der Waals surface area (Å²) in [4.78, 5) is 17.1. The molecule has 24 heavy (non-hydrogen) atoms.